The molecule has 6 heteroatoms. The zero-order valence-corrected chi connectivity index (χ0v) is 14.7. The molecule has 0 bridgehead atoms. The fourth-order valence-corrected chi connectivity index (χ4v) is 2.82. The summed E-state index contributed by atoms with van der Waals surface area (Å²) in [5, 5.41) is 0. The van der Waals surface area contributed by atoms with E-state index in [1.54, 1.807) is 7.11 Å². The van der Waals surface area contributed by atoms with E-state index in [-0.39, 0.29) is 24.4 Å². The van der Waals surface area contributed by atoms with Crippen LogP contribution in [0.1, 0.15) is 31.7 Å². The van der Waals surface area contributed by atoms with Crippen LogP contribution in [0, 0.1) is 0 Å². The third-order valence-corrected chi connectivity index (χ3v) is 4.16. The first-order valence-corrected chi connectivity index (χ1v) is 7.90. The highest BCUT2D eigenvalue weighted by Crippen LogP contribution is 2.19. The summed E-state index contributed by atoms with van der Waals surface area (Å²) in [5.74, 6) is 0.831. The Balaban J connectivity index is 0.00000264. The number of piperidine rings is 1. The number of carbonyl (C=O) groups excluding carboxylic acids is 1. The molecule has 2 unspecified atom stereocenters. The van der Waals surface area contributed by atoms with Crippen LogP contribution < -0.4 is 10.5 Å². The SMILES string of the molecule is COc1cccc(COC(C)C(=O)N2CCCCC2CN)c1.Cl. The summed E-state index contributed by atoms with van der Waals surface area (Å²) < 4.78 is 10.9. The third kappa shape index (κ3) is 5.37. The summed E-state index contributed by atoms with van der Waals surface area (Å²) in [6.07, 6.45) is 2.72. The van der Waals surface area contributed by atoms with E-state index in [0.29, 0.717) is 13.2 Å². The molecule has 1 aromatic carbocycles. The van der Waals surface area contributed by atoms with Crippen molar-refractivity contribution in [2.24, 2.45) is 5.73 Å². The van der Waals surface area contributed by atoms with Crippen LogP contribution in [-0.2, 0) is 16.1 Å². The highest BCUT2D eigenvalue weighted by Gasteiger charge is 2.29. The lowest BCUT2D eigenvalue weighted by atomic mass is 10.0. The highest BCUT2D eigenvalue weighted by molar-refractivity contribution is 5.85. The van der Waals surface area contributed by atoms with E-state index in [1.807, 2.05) is 36.1 Å². The van der Waals surface area contributed by atoms with Gasteiger partial charge < -0.3 is 20.1 Å². The molecule has 1 amide bonds. The fourth-order valence-electron chi connectivity index (χ4n) is 2.82. The maximum absolute atomic E-state index is 12.5. The van der Waals surface area contributed by atoms with Crippen molar-refractivity contribution in [1.29, 1.82) is 0 Å². The first-order valence-electron chi connectivity index (χ1n) is 7.90. The Morgan fingerprint density at radius 2 is 2.22 bits per heavy atom. The minimum Gasteiger partial charge on any atom is -0.497 e. The molecule has 0 radical (unpaired) electrons. The van der Waals surface area contributed by atoms with Crippen molar-refractivity contribution in [3.05, 3.63) is 29.8 Å². The Kier molecular flexibility index (Phi) is 8.37. The number of rotatable bonds is 6. The van der Waals surface area contributed by atoms with Crippen molar-refractivity contribution in [2.45, 2.75) is 44.9 Å². The minimum absolute atomic E-state index is 0. The number of likely N-dealkylation sites (tertiary alicyclic amines) is 1. The van der Waals surface area contributed by atoms with E-state index in [4.69, 9.17) is 15.2 Å². The molecule has 0 spiro atoms. The lowest BCUT2D eigenvalue weighted by Gasteiger charge is -2.36. The Labute approximate surface area is 144 Å². The van der Waals surface area contributed by atoms with Crippen LogP contribution in [0.3, 0.4) is 0 Å². The summed E-state index contributed by atoms with van der Waals surface area (Å²) in [5.41, 5.74) is 6.77. The third-order valence-electron chi connectivity index (χ3n) is 4.16. The number of amides is 1. The number of hydrogen-bond acceptors (Lipinski definition) is 4. The van der Waals surface area contributed by atoms with Crippen molar-refractivity contribution < 1.29 is 14.3 Å². The van der Waals surface area contributed by atoms with Crippen molar-refractivity contribution in [2.75, 3.05) is 20.2 Å². The van der Waals surface area contributed by atoms with Gasteiger partial charge in [-0.05, 0) is 43.9 Å². The second-order valence-corrected chi connectivity index (χ2v) is 5.72. The quantitative estimate of drug-likeness (QED) is 0.862. The Bertz CT molecular complexity index is 498. The van der Waals surface area contributed by atoms with Crippen LogP contribution in [0.5, 0.6) is 5.75 Å². The summed E-state index contributed by atoms with van der Waals surface area (Å²) >= 11 is 0. The van der Waals surface area contributed by atoms with Crippen LogP contribution in [0.15, 0.2) is 24.3 Å². The number of carbonyl (C=O) groups is 1. The molecule has 0 saturated carbocycles. The Morgan fingerprint density at radius 1 is 1.43 bits per heavy atom. The number of nitrogens with two attached hydrogens (primary N) is 1. The van der Waals surface area contributed by atoms with E-state index < -0.39 is 6.10 Å². The van der Waals surface area contributed by atoms with E-state index in [9.17, 15) is 4.79 Å². The van der Waals surface area contributed by atoms with Crippen LogP contribution in [0.4, 0.5) is 0 Å². The van der Waals surface area contributed by atoms with Crippen LogP contribution in [0.25, 0.3) is 0 Å². The molecule has 23 heavy (non-hydrogen) atoms. The zero-order valence-electron chi connectivity index (χ0n) is 13.9. The van der Waals surface area contributed by atoms with Crippen LogP contribution >= 0.6 is 12.4 Å². The molecular weight excluding hydrogens is 316 g/mol. The number of nitrogens with zero attached hydrogens (tertiary/aromatic N) is 1. The van der Waals surface area contributed by atoms with Crippen LogP contribution in [-0.4, -0.2) is 43.2 Å². The van der Waals surface area contributed by atoms with E-state index in [0.717, 1.165) is 37.1 Å². The molecule has 130 valence electrons. The Morgan fingerprint density at radius 3 is 2.91 bits per heavy atom. The van der Waals surface area contributed by atoms with E-state index in [1.165, 1.54) is 0 Å². The smallest absolute Gasteiger partial charge is 0.251 e. The summed E-state index contributed by atoms with van der Waals surface area (Å²) in [6.45, 7) is 3.51. The van der Waals surface area contributed by atoms with Gasteiger partial charge in [-0.1, -0.05) is 12.1 Å². The molecule has 0 aliphatic carbocycles. The van der Waals surface area contributed by atoms with Crippen molar-refractivity contribution in [3.8, 4) is 5.75 Å². The lowest BCUT2D eigenvalue weighted by molar-refractivity contribution is -0.147. The molecule has 1 aliphatic rings. The average Bonchev–Trinajstić information content (AvgIpc) is 2.59. The second kappa shape index (κ2) is 9.75. The van der Waals surface area contributed by atoms with Crippen LogP contribution in [0.2, 0.25) is 0 Å². The standard InChI is InChI=1S/C17H26N2O3.ClH/c1-13(17(20)19-9-4-3-7-15(19)11-18)22-12-14-6-5-8-16(10-14)21-2;/h5-6,8,10,13,15H,3-4,7,9,11-12,18H2,1-2H3;1H. The molecule has 2 N–H and O–H groups in total. The summed E-state index contributed by atoms with van der Waals surface area (Å²) in [7, 11) is 1.63. The van der Waals surface area contributed by atoms with Gasteiger partial charge in [0.05, 0.1) is 13.7 Å². The second-order valence-electron chi connectivity index (χ2n) is 5.72. The molecule has 1 aromatic rings. The summed E-state index contributed by atoms with van der Waals surface area (Å²) in [4.78, 5) is 14.4. The molecule has 2 rings (SSSR count). The molecule has 1 fully saturated rings. The number of halogens is 1. The van der Waals surface area contributed by atoms with Gasteiger partial charge in [0.2, 0.25) is 0 Å². The van der Waals surface area contributed by atoms with Gasteiger partial charge in [0.1, 0.15) is 11.9 Å². The van der Waals surface area contributed by atoms with Gasteiger partial charge >= 0.3 is 0 Å². The van der Waals surface area contributed by atoms with Gasteiger partial charge in [-0.3, -0.25) is 4.79 Å². The maximum Gasteiger partial charge on any atom is 0.251 e. The van der Waals surface area contributed by atoms with Gasteiger partial charge in [-0.2, -0.15) is 0 Å². The van der Waals surface area contributed by atoms with Gasteiger partial charge in [0.25, 0.3) is 5.91 Å². The highest BCUT2D eigenvalue weighted by atomic mass is 35.5. The first kappa shape index (κ1) is 19.7. The molecule has 1 saturated heterocycles. The molecule has 5 nitrogen and oxygen atoms in total. The molecule has 2 atom stereocenters. The largest absolute Gasteiger partial charge is 0.497 e. The number of ether oxygens (including phenoxy) is 2. The van der Waals surface area contributed by atoms with Gasteiger partial charge in [0.15, 0.2) is 0 Å². The zero-order chi connectivity index (χ0) is 15.9. The van der Waals surface area contributed by atoms with E-state index in [2.05, 4.69) is 0 Å². The minimum atomic E-state index is -0.460. The molecule has 1 heterocycles. The predicted octanol–water partition coefficient (Wildman–Crippen LogP) is 2.36. The monoisotopic (exact) mass is 342 g/mol. The Hall–Kier alpha value is -1.30. The van der Waals surface area contributed by atoms with Crippen molar-refractivity contribution in [1.82, 2.24) is 4.90 Å². The lowest BCUT2D eigenvalue weighted by Crippen LogP contribution is -2.50. The number of methoxy groups -OCH3 is 1. The van der Waals surface area contributed by atoms with Gasteiger partial charge in [-0.25, -0.2) is 0 Å². The van der Waals surface area contributed by atoms with Gasteiger partial charge in [-0.15, -0.1) is 12.4 Å². The maximum atomic E-state index is 12.5. The van der Waals surface area contributed by atoms with Gasteiger partial charge in [0, 0.05) is 19.1 Å². The van der Waals surface area contributed by atoms with Crippen molar-refractivity contribution in [3.63, 3.8) is 0 Å². The summed E-state index contributed by atoms with van der Waals surface area (Å²) in [6, 6.07) is 7.84. The van der Waals surface area contributed by atoms with E-state index >= 15 is 0 Å². The molecule has 1 aliphatic heterocycles. The average molecular weight is 343 g/mol. The topological polar surface area (TPSA) is 64.8 Å². The molecule has 0 aromatic heterocycles. The normalized spacial score (nSPS) is 18.9. The first-order chi connectivity index (χ1) is 10.7. The molecular formula is C17H27ClN2O3. The fraction of sp³-hybridized carbons (Fsp3) is 0.588. The number of benzene rings is 1. The predicted molar refractivity (Wildman–Crippen MR) is 92.9 cm³/mol. The van der Waals surface area contributed by atoms with Crippen molar-refractivity contribution >= 4 is 18.3 Å². The number of hydrogen-bond donors (Lipinski definition) is 1.